The number of rotatable bonds is 8. The highest BCUT2D eigenvalue weighted by molar-refractivity contribution is 5.95. The van der Waals surface area contributed by atoms with Crippen LogP contribution in [0.1, 0.15) is 22.8 Å². The van der Waals surface area contributed by atoms with E-state index in [1.807, 2.05) is 36.4 Å². The second kappa shape index (κ2) is 9.49. The lowest BCUT2D eigenvalue weighted by atomic mass is 10.1. The molecule has 0 saturated carbocycles. The number of benzene rings is 2. The first-order chi connectivity index (χ1) is 12.1. The summed E-state index contributed by atoms with van der Waals surface area (Å²) in [5.74, 6) is 0.646. The van der Waals surface area contributed by atoms with Crippen molar-refractivity contribution in [1.29, 1.82) is 0 Å². The van der Waals surface area contributed by atoms with E-state index in [1.54, 1.807) is 19.2 Å². The maximum Gasteiger partial charge on any atom is 0.251 e. The van der Waals surface area contributed by atoms with Gasteiger partial charge in [0, 0.05) is 24.3 Å². The van der Waals surface area contributed by atoms with Gasteiger partial charge in [-0.3, -0.25) is 4.79 Å². The maximum atomic E-state index is 11.9. The molecule has 2 rings (SSSR count). The minimum absolute atomic E-state index is 0.0704. The van der Waals surface area contributed by atoms with E-state index in [2.05, 4.69) is 23.6 Å². The van der Waals surface area contributed by atoms with Gasteiger partial charge in [-0.2, -0.15) is 0 Å². The van der Waals surface area contributed by atoms with E-state index < -0.39 is 0 Å². The number of amides is 1. The van der Waals surface area contributed by atoms with Crippen LogP contribution in [0.2, 0.25) is 0 Å². The van der Waals surface area contributed by atoms with Gasteiger partial charge >= 0.3 is 0 Å². The Morgan fingerprint density at radius 2 is 1.96 bits per heavy atom. The van der Waals surface area contributed by atoms with E-state index in [4.69, 9.17) is 9.84 Å². The third kappa shape index (κ3) is 5.97. The van der Waals surface area contributed by atoms with Crippen molar-refractivity contribution in [3.05, 3.63) is 65.2 Å². The molecule has 0 fully saturated rings. The van der Waals surface area contributed by atoms with Crippen LogP contribution in [0, 0.1) is 0 Å². The first kappa shape index (κ1) is 18.5. The molecule has 5 heteroatoms. The molecule has 0 aliphatic heterocycles. The van der Waals surface area contributed by atoms with Crippen molar-refractivity contribution in [2.45, 2.75) is 6.92 Å². The first-order valence-corrected chi connectivity index (χ1v) is 8.16. The Balaban J connectivity index is 1.95. The molecule has 0 radical (unpaired) electrons. The van der Waals surface area contributed by atoms with Crippen molar-refractivity contribution in [3.63, 3.8) is 0 Å². The average Bonchev–Trinajstić information content (AvgIpc) is 2.65. The third-order valence-electron chi connectivity index (χ3n) is 3.62. The number of carbonyl (C=O) groups excluding carboxylic acids is 1. The van der Waals surface area contributed by atoms with Crippen molar-refractivity contribution in [3.8, 4) is 5.75 Å². The van der Waals surface area contributed by atoms with Crippen LogP contribution in [-0.2, 0) is 0 Å². The molecule has 0 saturated heterocycles. The SMILES string of the molecule is COc1ccc(/C=C(/C)CNc2cccc(C(=O)NCCO)c2)cc1. The summed E-state index contributed by atoms with van der Waals surface area (Å²) in [7, 11) is 1.65. The summed E-state index contributed by atoms with van der Waals surface area (Å²) in [4.78, 5) is 11.9. The van der Waals surface area contributed by atoms with E-state index in [0.717, 1.165) is 17.0 Å². The molecular weight excluding hydrogens is 316 g/mol. The lowest BCUT2D eigenvalue weighted by molar-refractivity contribution is 0.0945. The average molecular weight is 340 g/mol. The van der Waals surface area contributed by atoms with Gasteiger partial charge in [-0.1, -0.05) is 29.8 Å². The summed E-state index contributed by atoms with van der Waals surface area (Å²) in [6.45, 7) is 2.90. The Kier molecular flexibility index (Phi) is 7.04. The zero-order valence-corrected chi connectivity index (χ0v) is 14.6. The molecule has 0 bridgehead atoms. The molecular formula is C20H24N2O3. The standard InChI is InChI=1S/C20H24N2O3/c1-15(12-16-6-8-19(25-2)9-7-16)14-22-18-5-3-4-17(13-18)20(24)21-10-11-23/h3-9,12-13,22-23H,10-11,14H2,1-2H3,(H,21,24)/b15-12-. The van der Waals surface area contributed by atoms with Gasteiger partial charge < -0.3 is 20.5 Å². The van der Waals surface area contributed by atoms with Gasteiger partial charge in [0.2, 0.25) is 0 Å². The lowest BCUT2D eigenvalue weighted by Gasteiger charge is -2.09. The van der Waals surface area contributed by atoms with Crippen LogP contribution in [0.5, 0.6) is 5.75 Å². The number of anilines is 1. The van der Waals surface area contributed by atoms with E-state index in [0.29, 0.717) is 12.1 Å². The van der Waals surface area contributed by atoms with E-state index >= 15 is 0 Å². The quantitative estimate of drug-likeness (QED) is 0.691. The van der Waals surface area contributed by atoms with Crippen LogP contribution in [0.25, 0.3) is 6.08 Å². The normalized spacial score (nSPS) is 11.1. The molecule has 25 heavy (non-hydrogen) atoms. The molecule has 0 aromatic heterocycles. The van der Waals surface area contributed by atoms with Crippen molar-refractivity contribution in [1.82, 2.24) is 5.32 Å². The summed E-state index contributed by atoms with van der Waals surface area (Å²) in [5, 5.41) is 14.7. The number of aliphatic hydroxyl groups excluding tert-OH is 1. The van der Waals surface area contributed by atoms with Gasteiger partial charge in [0.05, 0.1) is 13.7 Å². The first-order valence-electron chi connectivity index (χ1n) is 8.16. The molecule has 5 nitrogen and oxygen atoms in total. The molecule has 1 amide bonds. The fraction of sp³-hybridized carbons (Fsp3) is 0.250. The van der Waals surface area contributed by atoms with Crippen molar-refractivity contribution < 1.29 is 14.6 Å². The molecule has 0 spiro atoms. The Morgan fingerprint density at radius 1 is 1.20 bits per heavy atom. The smallest absolute Gasteiger partial charge is 0.251 e. The monoisotopic (exact) mass is 340 g/mol. The molecule has 0 unspecified atom stereocenters. The van der Waals surface area contributed by atoms with Gasteiger partial charge in [0.15, 0.2) is 0 Å². The summed E-state index contributed by atoms with van der Waals surface area (Å²) >= 11 is 0. The van der Waals surface area contributed by atoms with Crippen LogP contribution >= 0.6 is 0 Å². The van der Waals surface area contributed by atoms with E-state index in [1.165, 1.54) is 5.57 Å². The van der Waals surface area contributed by atoms with Crippen LogP contribution in [0.15, 0.2) is 54.1 Å². The summed E-state index contributed by atoms with van der Waals surface area (Å²) in [6, 6.07) is 15.2. The zero-order chi connectivity index (χ0) is 18.1. The number of hydrogen-bond acceptors (Lipinski definition) is 4. The Bertz CT molecular complexity index is 724. The minimum Gasteiger partial charge on any atom is -0.497 e. The molecule has 2 aromatic carbocycles. The third-order valence-corrected chi connectivity index (χ3v) is 3.62. The number of carbonyl (C=O) groups is 1. The van der Waals surface area contributed by atoms with Gasteiger partial charge in [-0.15, -0.1) is 0 Å². The minimum atomic E-state index is -0.191. The van der Waals surface area contributed by atoms with E-state index in [9.17, 15) is 4.79 Å². The van der Waals surface area contributed by atoms with E-state index in [-0.39, 0.29) is 19.1 Å². The lowest BCUT2D eigenvalue weighted by Crippen LogP contribution is -2.26. The van der Waals surface area contributed by atoms with Gasteiger partial charge in [0.1, 0.15) is 5.75 Å². The van der Waals surface area contributed by atoms with Crippen molar-refractivity contribution >= 4 is 17.7 Å². The molecule has 0 heterocycles. The second-order valence-corrected chi connectivity index (χ2v) is 5.68. The molecule has 0 aliphatic carbocycles. The number of hydrogen-bond donors (Lipinski definition) is 3. The van der Waals surface area contributed by atoms with Crippen molar-refractivity contribution in [2.75, 3.05) is 32.1 Å². The highest BCUT2D eigenvalue weighted by atomic mass is 16.5. The molecule has 2 aromatic rings. The van der Waals surface area contributed by atoms with Crippen LogP contribution in [0.3, 0.4) is 0 Å². The highest BCUT2D eigenvalue weighted by Crippen LogP contribution is 2.15. The predicted octanol–water partition coefficient (Wildman–Crippen LogP) is 2.93. The van der Waals surface area contributed by atoms with Crippen LogP contribution in [-0.4, -0.2) is 37.8 Å². The zero-order valence-electron chi connectivity index (χ0n) is 14.6. The Labute approximate surface area is 148 Å². The highest BCUT2D eigenvalue weighted by Gasteiger charge is 2.05. The van der Waals surface area contributed by atoms with Crippen LogP contribution in [0.4, 0.5) is 5.69 Å². The number of methoxy groups -OCH3 is 1. The topological polar surface area (TPSA) is 70.6 Å². The number of nitrogens with one attached hydrogen (secondary N) is 2. The van der Waals surface area contributed by atoms with Crippen LogP contribution < -0.4 is 15.4 Å². The van der Waals surface area contributed by atoms with Gasteiger partial charge in [0.25, 0.3) is 5.91 Å². The summed E-state index contributed by atoms with van der Waals surface area (Å²) in [6.07, 6.45) is 2.10. The summed E-state index contributed by atoms with van der Waals surface area (Å²) in [5.41, 5.74) is 3.71. The molecule has 132 valence electrons. The van der Waals surface area contributed by atoms with Crippen molar-refractivity contribution in [2.24, 2.45) is 0 Å². The Morgan fingerprint density at radius 3 is 2.64 bits per heavy atom. The molecule has 0 atom stereocenters. The molecule has 3 N–H and O–H groups in total. The second-order valence-electron chi connectivity index (χ2n) is 5.68. The largest absolute Gasteiger partial charge is 0.497 e. The maximum absolute atomic E-state index is 11.9. The number of aliphatic hydroxyl groups is 1. The molecule has 0 aliphatic rings. The number of ether oxygens (including phenoxy) is 1. The van der Waals surface area contributed by atoms with Gasteiger partial charge in [-0.25, -0.2) is 0 Å². The fourth-order valence-electron chi connectivity index (χ4n) is 2.32. The fourth-order valence-corrected chi connectivity index (χ4v) is 2.32. The predicted molar refractivity (Wildman–Crippen MR) is 101 cm³/mol. The van der Waals surface area contributed by atoms with Gasteiger partial charge in [-0.05, 0) is 42.8 Å². The summed E-state index contributed by atoms with van der Waals surface area (Å²) < 4.78 is 5.15. The Hall–Kier alpha value is -2.79.